The second-order valence-corrected chi connectivity index (χ2v) is 2.55. The van der Waals surface area contributed by atoms with Gasteiger partial charge in [-0.2, -0.15) is 0 Å². The maximum Gasteiger partial charge on any atom is 0.0231 e. The van der Waals surface area contributed by atoms with Crippen LogP contribution in [0.25, 0.3) is 0 Å². The summed E-state index contributed by atoms with van der Waals surface area (Å²) in [6, 6.07) is 0. The van der Waals surface area contributed by atoms with E-state index in [1.807, 2.05) is 0 Å². The summed E-state index contributed by atoms with van der Waals surface area (Å²) in [6.07, 6.45) is 0. The Kier molecular flexibility index (Phi) is 3.94. The maximum absolute atomic E-state index is 3.16. The van der Waals surface area contributed by atoms with Gasteiger partial charge in [0.2, 0.25) is 0 Å². The predicted octanol–water partition coefficient (Wildman–Crippen LogP) is 3.10. The van der Waals surface area contributed by atoms with Crippen LogP contribution in [0.2, 0.25) is 0 Å². The van der Waals surface area contributed by atoms with Crippen molar-refractivity contribution in [3.05, 3.63) is 16.3 Å². The molecule has 8 heavy (non-hydrogen) atoms. The minimum Gasteiger partial charge on any atom is -0.114 e. The van der Waals surface area contributed by atoms with Gasteiger partial charge in [0.15, 0.2) is 0 Å². The first-order chi connectivity index (χ1) is 3.68. The van der Waals surface area contributed by atoms with Crippen molar-refractivity contribution in [1.29, 1.82) is 0 Å². The van der Waals surface area contributed by atoms with Gasteiger partial charge in [0.05, 0.1) is 0 Å². The SMILES string of the molecule is CC(=C=CBr)C(C)C. The molecular weight excluding hydrogens is 164 g/mol. The molecule has 0 amide bonds. The Hall–Kier alpha value is 0. The van der Waals surface area contributed by atoms with E-state index in [0.29, 0.717) is 5.92 Å². The van der Waals surface area contributed by atoms with Crippen molar-refractivity contribution in [3.63, 3.8) is 0 Å². The molecule has 0 aromatic rings. The van der Waals surface area contributed by atoms with Crippen LogP contribution >= 0.6 is 15.9 Å². The molecule has 0 rings (SSSR count). The van der Waals surface area contributed by atoms with Gasteiger partial charge < -0.3 is 0 Å². The Labute approximate surface area is 59.4 Å². The molecule has 0 spiro atoms. The van der Waals surface area contributed by atoms with Crippen molar-refractivity contribution in [2.24, 2.45) is 5.92 Å². The summed E-state index contributed by atoms with van der Waals surface area (Å²) in [5.41, 5.74) is 4.33. The molecular formula is C7H11Br. The van der Waals surface area contributed by atoms with Crippen LogP contribution in [0.3, 0.4) is 0 Å². The van der Waals surface area contributed by atoms with E-state index in [-0.39, 0.29) is 0 Å². The van der Waals surface area contributed by atoms with E-state index in [4.69, 9.17) is 0 Å². The van der Waals surface area contributed by atoms with Crippen molar-refractivity contribution in [3.8, 4) is 0 Å². The molecule has 0 atom stereocenters. The minimum absolute atomic E-state index is 0.615. The first kappa shape index (κ1) is 8.00. The summed E-state index contributed by atoms with van der Waals surface area (Å²) in [4.78, 5) is 1.77. The zero-order valence-corrected chi connectivity index (χ0v) is 7.12. The van der Waals surface area contributed by atoms with Gasteiger partial charge in [-0.25, -0.2) is 0 Å². The average molecular weight is 175 g/mol. The Morgan fingerprint density at radius 2 is 2.12 bits per heavy atom. The van der Waals surface area contributed by atoms with Gasteiger partial charge in [0.1, 0.15) is 0 Å². The fraction of sp³-hybridized carbons (Fsp3) is 0.571. The van der Waals surface area contributed by atoms with Crippen LogP contribution in [0.4, 0.5) is 0 Å². The van der Waals surface area contributed by atoms with Crippen molar-refractivity contribution < 1.29 is 0 Å². The summed E-state index contributed by atoms with van der Waals surface area (Å²) >= 11 is 3.16. The molecule has 0 aliphatic carbocycles. The second kappa shape index (κ2) is 3.94. The largest absolute Gasteiger partial charge is 0.114 e. The van der Waals surface area contributed by atoms with Crippen molar-refractivity contribution in [2.45, 2.75) is 20.8 Å². The number of hydrogen-bond acceptors (Lipinski definition) is 0. The second-order valence-electron chi connectivity index (χ2n) is 2.09. The van der Waals surface area contributed by atoms with Gasteiger partial charge in [-0.3, -0.25) is 0 Å². The van der Waals surface area contributed by atoms with Gasteiger partial charge in [-0.15, -0.1) is 5.73 Å². The molecule has 0 aliphatic heterocycles. The van der Waals surface area contributed by atoms with Crippen molar-refractivity contribution in [1.82, 2.24) is 0 Å². The predicted molar refractivity (Wildman–Crippen MR) is 41.0 cm³/mol. The van der Waals surface area contributed by atoms with Gasteiger partial charge in [0.25, 0.3) is 0 Å². The first-order valence-corrected chi connectivity index (χ1v) is 3.62. The van der Waals surface area contributed by atoms with Crippen LogP contribution in [-0.4, -0.2) is 0 Å². The van der Waals surface area contributed by atoms with E-state index >= 15 is 0 Å². The molecule has 0 aromatic carbocycles. The summed E-state index contributed by atoms with van der Waals surface area (Å²) in [7, 11) is 0. The average Bonchev–Trinajstić information content (AvgIpc) is 1.67. The third-order valence-electron chi connectivity index (χ3n) is 1.15. The highest BCUT2D eigenvalue weighted by molar-refractivity contribution is 9.11. The summed E-state index contributed by atoms with van der Waals surface area (Å²) < 4.78 is 0. The number of allylic oxidation sites excluding steroid dienone is 1. The fourth-order valence-corrected chi connectivity index (χ4v) is 0.614. The fourth-order valence-electron chi connectivity index (χ4n) is 0.253. The molecule has 46 valence electrons. The zero-order valence-electron chi connectivity index (χ0n) is 5.53. The molecule has 0 bridgehead atoms. The van der Waals surface area contributed by atoms with Crippen molar-refractivity contribution in [2.75, 3.05) is 0 Å². The smallest absolute Gasteiger partial charge is 0.0231 e. The molecule has 1 heteroatoms. The Morgan fingerprint density at radius 3 is 2.25 bits per heavy atom. The Morgan fingerprint density at radius 1 is 1.62 bits per heavy atom. The minimum atomic E-state index is 0.615. The first-order valence-electron chi connectivity index (χ1n) is 2.70. The molecule has 0 aliphatic rings. The number of hydrogen-bond donors (Lipinski definition) is 0. The lowest BCUT2D eigenvalue weighted by Crippen LogP contribution is -1.84. The maximum atomic E-state index is 3.16. The monoisotopic (exact) mass is 174 g/mol. The normalized spacial score (nSPS) is 8.62. The Balaban J connectivity index is 4.01. The number of halogens is 1. The lowest BCUT2D eigenvalue weighted by molar-refractivity contribution is 0.772. The van der Waals surface area contributed by atoms with Gasteiger partial charge in [-0.1, -0.05) is 29.8 Å². The highest BCUT2D eigenvalue weighted by atomic mass is 79.9. The summed E-state index contributed by atoms with van der Waals surface area (Å²) in [5, 5.41) is 0. The lowest BCUT2D eigenvalue weighted by atomic mass is 10.1. The highest BCUT2D eigenvalue weighted by Crippen LogP contribution is 2.05. The van der Waals surface area contributed by atoms with E-state index < -0.39 is 0 Å². The van der Waals surface area contributed by atoms with Crippen LogP contribution in [-0.2, 0) is 0 Å². The molecule has 0 fully saturated rings. The van der Waals surface area contributed by atoms with Crippen LogP contribution in [0.15, 0.2) is 16.3 Å². The van der Waals surface area contributed by atoms with Crippen LogP contribution in [0.1, 0.15) is 20.8 Å². The molecule has 0 N–H and O–H groups in total. The zero-order chi connectivity index (χ0) is 6.57. The van der Waals surface area contributed by atoms with E-state index in [1.165, 1.54) is 5.57 Å². The molecule has 0 saturated heterocycles. The lowest BCUT2D eigenvalue weighted by Gasteiger charge is -1.97. The van der Waals surface area contributed by atoms with Gasteiger partial charge in [-0.05, 0) is 18.4 Å². The van der Waals surface area contributed by atoms with Crippen LogP contribution in [0, 0.1) is 5.92 Å². The molecule has 0 heterocycles. The van der Waals surface area contributed by atoms with E-state index in [0.717, 1.165) is 0 Å². The van der Waals surface area contributed by atoms with E-state index in [2.05, 4.69) is 42.4 Å². The standard InChI is InChI=1S/C7H11Br/c1-6(2)7(3)4-5-8/h5-6H,1-3H3. The summed E-state index contributed by atoms with van der Waals surface area (Å²) in [5.74, 6) is 0.615. The molecule has 0 nitrogen and oxygen atoms in total. The third-order valence-corrected chi connectivity index (χ3v) is 1.38. The molecule has 0 aromatic heterocycles. The van der Waals surface area contributed by atoms with Crippen LogP contribution < -0.4 is 0 Å². The molecule has 0 unspecified atom stereocenters. The van der Waals surface area contributed by atoms with E-state index in [1.54, 1.807) is 4.99 Å². The Bertz CT molecular complexity index is 116. The highest BCUT2D eigenvalue weighted by Gasteiger charge is 1.90. The third kappa shape index (κ3) is 3.06. The number of rotatable bonds is 1. The molecule has 0 saturated carbocycles. The quantitative estimate of drug-likeness (QED) is 0.537. The van der Waals surface area contributed by atoms with Crippen molar-refractivity contribution >= 4 is 15.9 Å². The van der Waals surface area contributed by atoms with Gasteiger partial charge >= 0.3 is 0 Å². The van der Waals surface area contributed by atoms with E-state index in [9.17, 15) is 0 Å². The summed E-state index contributed by atoms with van der Waals surface area (Å²) in [6.45, 7) is 6.38. The topological polar surface area (TPSA) is 0 Å². The van der Waals surface area contributed by atoms with Crippen LogP contribution in [0.5, 0.6) is 0 Å². The molecule has 0 radical (unpaired) electrons. The van der Waals surface area contributed by atoms with Gasteiger partial charge in [0, 0.05) is 4.99 Å².